The number of likely N-dealkylation sites (tertiary alicyclic amines) is 1. The number of nitrogens with zero attached hydrogens (tertiary/aromatic N) is 3. The standard InChI is InChI=1S/C20H23F3N4O/c21-20(22,23)16-5-7-17(8-6-16)26-19(28)9-4-15-3-1-12-27(13-15)14-18-24-10-2-11-25-18/h2,5-8,10-11,15H,1,3-4,9,12-14H2,(H,26,28). The number of amides is 1. The van der Waals surface area contributed by atoms with Gasteiger partial charge in [0.2, 0.25) is 5.91 Å². The van der Waals surface area contributed by atoms with Crippen molar-refractivity contribution in [3.05, 3.63) is 54.1 Å². The lowest BCUT2D eigenvalue weighted by Crippen LogP contribution is -2.35. The molecular formula is C20H23F3N4O. The average molecular weight is 392 g/mol. The minimum absolute atomic E-state index is 0.178. The molecule has 3 rings (SSSR count). The van der Waals surface area contributed by atoms with Crippen molar-refractivity contribution in [2.24, 2.45) is 5.92 Å². The smallest absolute Gasteiger partial charge is 0.326 e. The van der Waals surface area contributed by atoms with Gasteiger partial charge in [-0.25, -0.2) is 9.97 Å². The van der Waals surface area contributed by atoms with Crippen molar-refractivity contribution < 1.29 is 18.0 Å². The number of carbonyl (C=O) groups excluding carboxylic acids is 1. The molecule has 1 aliphatic heterocycles. The number of alkyl halides is 3. The van der Waals surface area contributed by atoms with Crippen LogP contribution in [0.4, 0.5) is 18.9 Å². The van der Waals surface area contributed by atoms with Crippen LogP contribution >= 0.6 is 0 Å². The zero-order chi connectivity index (χ0) is 20.0. The minimum Gasteiger partial charge on any atom is -0.326 e. The molecule has 1 N–H and O–H groups in total. The average Bonchev–Trinajstić information content (AvgIpc) is 2.67. The Labute approximate surface area is 162 Å². The molecule has 1 saturated heterocycles. The van der Waals surface area contributed by atoms with E-state index < -0.39 is 11.7 Å². The maximum atomic E-state index is 12.6. The first kappa shape index (κ1) is 20.3. The van der Waals surface area contributed by atoms with Gasteiger partial charge in [-0.05, 0) is 62.1 Å². The third-order valence-electron chi connectivity index (χ3n) is 4.86. The summed E-state index contributed by atoms with van der Waals surface area (Å²) in [5.74, 6) is 1.03. The third-order valence-corrected chi connectivity index (χ3v) is 4.86. The van der Waals surface area contributed by atoms with Gasteiger partial charge in [-0.3, -0.25) is 9.69 Å². The lowest BCUT2D eigenvalue weighted by molar-refractivity contribution is -0.137. The number of aromatic nitrogens is 2. The van der Waals surface area contributed by atoms with Crippen molar-refractivity contribution in [2.45, 2.75) is 38.4 Å². The molecule has 1 fully saturated rings. The van der Waals surface area contributed by atoms with Crippen LogP contribution in [0.15, 0.2) is 42.7 Å². The van der Waals surface area contributed by atoms with Crippen LogP contribution in [-0.2, 0) is 17.5 Å². The van der Waals surface area contributed by atoms with E-state index in [9.17, 15) is 18.0 Å². The van der Waals surface area contributed by atoms with Gasteiger partial charge >= 0.3 is 6.18 Å². The van der Waals surface area contributed by atoms with Crippen LogP contribution in [0.25, 0.3) is 0 Å². The topological polar surface area (TPSA) is 58.1 Å². The molecular weight excluding hydrogens is 369 g/mol. The Morgan fingerprint density at radius 1 is 1.18 bits per heavy atom. The molecule has 1 atom stereocenters. The molecule has 150 valence electrons. The zero-order valence-electron chi connectivity index (χ0n) is 15.5. The highest BCUT2D eigenvalue weighted by Gasteiger charge is 2.30. The Kier molecular flexibility index (Phi) is 6.61. The first-order valence-corrected chi connectivity index (χ1v) is 9.35. The van der Waals surface area contributed by atoms with Crippen molar-refractivity contribution in [3.63, 3.8) is 0 Å². The highest BCUT2D eigenvalue weighted by atomic mass is 19.4. The summed E-state index contributed by atoms with van der Waals surface area (Å²) in [7, 11) is 0. The monoisotopic (exact) mass is 392 g/mol. The number of hydrogen-bond acceptors (Lipinski definition) is 4. The van der Waals surface area contributed by atoms with Crippen LogP contribution in [0.2, 0.25) is 0 Å². The highest BCUT2D eigenvalue weighted by molar-refractivity contribution is 5.90. The second-order valence-electron chi connectivity index (χ2n) is 7.07. The molecule has 2 heterocycles. The fourth-order valence-corrected chi connectivity index (χ4v) is 3.44. The van der Waals surface area contributed by atoms with E-state index in [1.807, 2.05) is 0 Å². The number of hydrogen-bond donors (Lipinski definition) is 1. The fourth-order valence-electron chi connectivity index (χ4n) is 3.44. The van der Waals surface area contributed by atoms with Crippen LogP contribution in [0.5, 0.6) is 0 Å². The van der Waals surface area contributed by atoms with Gasteiger partial charge < -0.3 is 5.32 Å². The van der Waals surface area contributed by atoms with Crippen molar-refractivity contribution in [1.29, 1.82) is 0 Å². The zero-order valence-corrected chi connectivity index (χ0v) is 15.5. The molecule has 0 spiro atoms. The van der Waals surface area contributed by atoms with E-state index in [-0.39, 0.29) is 5.91 Å². The van der Waals surface area contributed by atoms with Crippen molar-refractivity contribution in [1.82, 2.24) is 14.9 Å². The Balaban J connectivity index is 1.43. The maximum Gasteiger partial charge on any atom is 0.416 e. The van der Waals surface area contributed by atoms with Gasteiger partial charge in [0.25, 0.3) is 0 Å². The largest absolute Gasteiger partial charge is 0.416 e. The molecule has 0 bridgehead atoms. The van der Waals surface area contributed by atoms with E-state index >= 15 is 0 Å². The second kappa shape index (κ2) is 9.14. The summed E-state index contributed by atoms with van der Waals surface area (Å²) in [6, 6.07) is 6.30. The molecule has 5 nitrogen and oxygen atoms in total. The molecule has 8 heteroatoms. The van der Waals surface area contributed by atoms with Crippen molar-refractivity contribution in [2.75, 3.05) is 18.4 Å². The number of rotatable bonds is 6. The Bertz CT molecular complexity index is 765. The number of carbonyl (C=O) groups is 1. The number of anilines is 1. The van der Waals surface area contributed by atoms with E-state index in [0.29, 0.717) is 24.6 Å². The fraction of sp³-hybridized carbons (Fsp3) is 0.450. The van der Waals surface area contributed by atoms with Gasteiger partial charge in [-0.1, -0.05) is 0 Å². The van der Waals surface area contributed by atoms with Crippen LogP contribution in [0.1, 0.15) is 37.1 Å². The molecule has 0 saturated carbocycles. The SMILES string of the molecule is O=C(CCC1CCCN(Cc2ncccn2)C1)Nc1ccc(C(F)(F)F)cc1. The van der Waals surface area contributed by atoms with E-state index in [1.165, 1.54) is 12.1 Å². The number of nitrogens with one attached hydrogen (secondary N) is 1. The third kappa shape index (κ3) is 6.02. The molecule has 1 aromatic heterocycles. The summed E-state index contributed by atoms with van der Waals surface area (Å²) in [5.41, 5.74) is -0.348. The molecule has 1 aromatic carbocycles. The molecule has 28 heavy (non-hydrogen) atoms. The Hall–Kier alpha value is -2.48. The predicted molar refractivity (Wildman–Crippen MR) is 99.3 cm³/mol. The van der Waals surface area contributed by atoms with Gasteiger partial charge in [0.05, 0.1) is 12.1 Å². The first-order chi connectivity index (χ1) is 13.4. The molecule has 0 aliphatic carbocycles. The van der Waals surface area contributed by atoms with Gasteiger partial charge in [0, 0.05) is 31.0 Å². The Morgan fingerprint density at radius 3 is 2.57 bits per heavy atom. The van der Waals surface area contributed by atoms with E-state index in [1.54, 1.807) is 18.5 Å². The predicted octanol–water partition coefficient (Wildman–Crippen LogP) is 4.13. The van der Waals surface area contributed by atoms with Crippen LogP contribution < -0.4 is 5.32 Å². The summed E-state index contributed by atoms with van der Waals surface area (Å²) >= 11 is 0. The van der Waals surface area contributed by atoms with Gasteiger partial charge in [0.1, 0.15) is 5.82 Å². The number of benzene rings is 1. The van der Waals surface area contributed by atoms with E-state index in [4.69, 9.17) is 0 Å². The summed E-state index contributed by atoms with van der Waals surface area (Å²) in [5, 5.41) is 2.67. The lowest BCUT2D eigenvalue weighted by atomic mass is 9.93. The first-order valence-electron chi connectivity index (χ1n) is 9.35. The van der Waals surface area contributed by atoms with Crippen LogP contribution in [-0.4, -0.2) is 33.9 Å². The normalized spacial score (nSPS) is 18.0. The summed E-state index contributed by atoms with van der Waals surface area (Å²) in [6.45, 7) is 2.59. The Morgan fingerprint density at radius 2 is 1.89 bits per heavy atom. The van der Waals surface area contributed by atoms with Gasteiger partial charge in [-0.2, -0.15) is 13.2 Å². The van der Waals surface area contributed by atoms with Crippen molar-refractivity contribution in [3.8, 4) is 0 Å². The number of halogens is 3. The second-order valence-corrected chi connectivity index (χ2v) is 7.07. The molecule has 1 unspecified atom stereocenters. The molecule has 1 aliphatic rings. The van der Waals surface area contributed by atoms with Crippen molar-refractivity contribution >= 4 is 11.6 Å². The number of piperidine rings is 1. The van der Waals surface area contributed by atoms with E-state index in [0.717, 1.165) is 50.3 Å². The quantitative estimate of drug-likeness (QED) is 0.803. The van der Waals surface area contributed by atoms with Gasteiger partial charge in [-0.15, -0.1) is 0 Å². The van der Waals surface area contributed by atoms with E-state index in [2.05, 4.69) is 20.2 Å². The molecule has 2 aromatic rings. The van der Waals surface area contributed by atoms with Gasteiger partial charge in [0.15, 0.2) is 0 Å². The van der Waals surface area contributed by atoms with Crippen LogP contribution in [0, 0.1) is 5.92 Å². The summed E-state index contributed by atoms with van der Waals surface area (Å²) in [4.78, 5) is 23.0. The van der Waals surface area contributed by atoms with Crippen LogP contribution in [0.3, 0.4) is 0 Å². The lowest BCUT2D eigenvalue weighted by Gasteiger charge is -2.32. The molecule has 0 radical (unpaired) electrons. The maximum absolute atomic E-state index is 12.6. The summed E-state index contributed by atoms with van der Waals surface area (Å²) < 4.78 is 37.7. The minimum atomic E-state index is -4.37. The molecule has 1 amide bonds. The summed E-state index contributed by atoms with van der Waals surface area (Å²) in [6.07, 6.45) is 2.32. The highest BCUT2D eigenvalue weighted by Crippen LogP contribution is 2.30.